The Bertz CT molecular complexity index is 764. The van der Waals surface area contributed by atoms with Crippen LogP contribution in [0.1, 0.15) is 19.4 Å². The van der Waals surface area contributed by atoms with Gasteiger partial charge in [0.1, 0.15) is 0 Å². The van der Waals surface area contributed by atoms with Gasteiger partial charge in [0.25, 0.3) is 0 Å². The second-order valence-corrected chi connectivity index (χ2v) is 6.46. The summed E-state index contributed by atoms with van der Waals surface area (Å²) in [7, 11) is 0. The van der Waals surface area contributed by atoms with Crippen molar-refractivity contribution in [2.24, 2.45) is 0 Å². The summed E-state index contributed by atoms with van der Waals surface area (Å²) in [5, 5.41) is 5.80. The summed E-state index contributed by atoms with van der Waals surface area (Å²) >= 11 is 5.93. The number of hydrogen-bond donors (Lipinski definition) is 2. The van der Waals surface area contributed by atoms with Crippen molar-refractivity contribution in [3.63, 3.8) is 0 Å². The van der Waals surface area contributed by atoms with Crippen LogP contribution in [-0.2, 0) is 5.41 Å². The molecule has 126 valence electrons. The van der Waals surface area contributed by atoms with Gasteiger partial charge in [-0.1, -0.05) is 31.5 Å². The number of rotatable bonds is 4. The van der Waals surface area contributed by atoms with Gasteiger partial charge in [0.2, 0.25) is 6.79 Å². The lowest BCUT2D eigenvalue weighted by Crippen LogP contribution is -2.39. The number of aromatic nitrogens is 1. The van der Waals surface area contributed by atoms with E-state index in [2.05, 4.69) is 15.6 Å². The monoisotopic (exact) mass is 347 g/mol. The van der Waals surface area contributed by atoms with Crippen molar-refractivity contribution in [1.82, 2.24) is 10.3 Å². The molecule has 2 heterocycles. The second-order valence-electron chi connectivity index (χ2n) is 6.10. The van der Waals surface area contributed by atoms with E-state index < -0.39 is 0 Å². The minimum absolute atomic E-state index is 0.242. The standard InChI is InChI=1S/C17H18ClN3O3/c1-17(2,11-5-6-13-14(8-11)24-10-23-13)9-20-16(22)21-12-4-3-7-19-15(12)18/h3-8H,9-10H2,1-2H3,(H2,20,21,22). The fourth-order valence-electron chi connectivity index (χ4n) is 2.37. The number of anilines is 1. The molecular formula is C17H18ClN3O3. The lowest BCUT2D eigenvalue weighted by Gasteiger charge is -2.26. The molecule has 6 nitrogen and oxygen atoms in total. The Labute approximate surface area is 145 Å². The highest BCUT2D eigenvalue weighted by molar-refractivity contribution is 6.32. The Morgan fingerprint density at radius 1 is 1.29 bits per heavy atom. The van der Waals surface area contributed by atoms with Gasteiger partial charge in [0.05, 0.1) is 5.69 Å². The van der Waals surface area contributed by atoms with E-state index >= 15 is 0 Å². The molecular weight excluding hydrogens is 330 g/mol. The van der Waals surface area contributed by atoms with Crippen molar-refractivity contribution in [3.8, 4) is 11.5 Å². The largest absolute Gasteiger partial charge is 0.454 e. The number of urea groups is 1. The van der Waals surface area contributed by atoms with E-state index in [1.54, 1.807) is 18.3 Å². The van der Waals surface area contributed by atoms with Crippen LogP contribution >= 0.6 is 11.6 Å². The molecule has 2 N–H and O–H groups in total. The van der Waals surface area contributed by atoms with Crippen LogP contribution < -0.4 is 20.1 Å². The molecule has 0 spiro atoms. The molecule has 1 aliphatic heterocycles. The molecule has 1 aliphatic rings. The lowest BCUT2D eigenvalue weighted by molar-refractivity contribution is 0.174. The normalized spacial score (nSPS) is 12.8. The molecule has 0 unspecified atom stereocenters. The van der Waals surface area contributed by atoms with Crippen LogP contribution in [-0.4, -0.2) is 24.4 Å². The third kappa shape index (κ3) is 3.54. The van der Waals surface area contributed by atoms with Crippen LogP contribution in [0.5, 0.6) is 11.5 Å². The fourth-order valence-corrected chi connectivity index (χ4v) is 2.53. The van der Waals surface area contributed by atoms with E-state index in [0.717, 1.165) is 17.1 Å². The molecule has 0 bridgehead atoms. The minimum Gasteiger partial charge on any atom is -0.454 e. The van der Waals surface area contributed by atoms with Crippen molar-refractivity contribution in [2.45, 2.75) is 19.3 Å². The number of ether oxygens (including phenoxy) is 2. The van der Waals surface area contributed by atoms with Crippen LogP contribution in [0.3, 0.4) is 0 Å². The van der Waals surface area contributed by atoms with Crippen LogP contribution in [0, 0.1) is 0 Å². The van der Waals surface area contributed by atoms with Gasteiger partial charge >= 0.3 is 6.03 Å². The Hall–Kier alpha value is -2.47. The number of nitrogens with one attached hydrogen (secondary N) is 2. The van der Waals surface area contributed by atoms with E-state index in [4.69, 9.17) is 21.1 Å². The number of carbonyl (C=O) groups is 1. The molecule has 2 amide bonds. The van der Waals surface area contributed by atoms with Gasteiger partial charge in [-0.05, 0) is 29.8 Å². The summed E-state index contributed by atoms with van der Waals surface area (Å²) in [6.45, 7) is 4.77. The van der Waals surface area contributed by atoms with Gasteiger partial charge in [-0.3, -0.25) is 0 Å². The summed E-state index contributed by atoms with van der Waals surface area (Å²) in [6, 6.07) is 8.87. The number of fused-ring (bicyclic) bond motifs is 1. The van der Waals surface area contributed by atoms with Gasteiger partial charge < -0.3 is 20.1 Å². The maximum absolute atomic E-state index is 12.1. The fraction of sp³-hybridized carbons (Fsp3) is 0.294. The van der Waals surface area contributed by atoms with Gasteiger partial charge in [0.15, 0.2) is 16.7 Å². The van der Waals surface area contributed by atoms with E-state index in [1.807, 2.05) is 32.0 Å². The molecule has 0 saturated carbocycles. The second kappa shape index (κ2) is 6.57. The number of carbonyl (C=O) groups excluding carboxylic acids is 1. The van der Waals surface area contributed by atoms with E-state index in [-0.39, 0.29) is 23.4 Å². The number of benzene rings is 1. The van der Waals surface area contributed by atoms with Crippen LogP contribution in [0.4, 0.5) is 10.5 Å². The van der Waals surface area contributed by atoms with Crippen molar-refractivity contribution in [2.75, 3.05) is 18.7 Å². The average Bonchev–Trinajstić information content (AvgIpc) is 3.03. The third-order valence-electron chi connectivity index (χ3n) is 3.85. The molecule has 0 fully saturated rings. The zero-order chi connectivity index (χ0) is 17.2. The number of pyridine rings is 1. The van der Waals surface area contributed by atoms with E-state index in [1.165, 1.54) is 0 Å². The highest BCUT2D eigenvalue weighted by Crippen LogP contribution is 2.36. The molecule has 7 heteroatoms. The Balaban J connectivity index is 1.62. The molecule has 1 aromatic carbocycles. The molecule has 24 heavy (non-hydrogen) atoms. The van der Waals surface area contributed by atoms with Crippen LogP contribution in [0.15, 0.2) is 36.5 Å². The maximum atomic E-state index is 12.1. The lowest BCUT2D eigenvalue weighted by atomic mass is 9.84. The zero-order valence-electron chi connectivity index (χ0n) is 13.4. The van der Waals surface area contributed by atoms with E-state index in [9.17, 15) is 4.79 Å². The Kier molecular flexibility index (Phi) is 4.49. The molecule has 3 rings (SSSR count). The topological polar surface area (TPSA) is 72.5 Å². The van der Waals surface area contributed by atoms with Crippen molar-refractivity contribution < 1.29 is 14.3 Å². The minimum atomic E-state index is -0.335. The average molecular weight is 348 g/mol. The first-order chi connectivity index (χ1) is 11.5. The Morgan fingerprint density at radius 2 is 2.08 bits per heavy atom. The van der Waals surface area contributed by atoms with Crippen LogP contribution in [0.2, 0.25) is 5.15 Å². The summed E-state index contributed by atoms with van der Waals surface area (Å²) < 4.78 is 10.7. The summed E-state index contributed by atoms with van der Waals surface area (Å²) in [5.41, 5.74) is 1.24. The number of halogens is 1. The Morgan fingerprint density at radius 3 is 2.88 bits per heavy atom. The SMILES string of the molecule is CC(C)(CNC(=O)Nc1cccnc1Cl)c1ccc2c(c1)OCO2. The van der Waals surface area contributed by atoms with Gasteiger partial charge in [0, 0.05) is 18.2 Å². The number of hydrogen-bond acceptors (Lipinski definition) is 4. The molecule has 0 atom stereocenters. The van der Waals surface area contributed by atoms with Gasteiger partial charge in [-0.2, -0.15) is 0 Å². The summed E-state index contributed by atoms with van der Waals surface area (Å²) in [5.74, 6) is 1.47. The first-order valence-corrected chi connectivity index (χ1v) is 7.89. The number of amides is 2. The predicted molar refractivity (Wildman–Crippen MR) is 91.9 cm³/mol. The molecule has 2 aromatic rings. The molecule has 0 saturated heterocycles. The first kappa shape index (κ1) is 16.4. The van der Waals surface area contributed by atoms with Crippen LogP contribution in [0.25, 0.3) is 0 Å². The summed E-state index contributed by atoms with van der Waals surface area (Å²) in [4.78, 5) is 16.0. The maximum Gasteiger partial charge on any atom is 0.319 e. The van der Waals surface area contributed by atoms with Gasteiger partial charge in [-0.25, -0.2) is 9.78 Å². The first-order valence-electron chi connectivity index (χ1n) is 7.51. The quantitative estimate of drug-likeness (QED) is 0.829. The highest BCUT2D eigenvalue weighted by Gasteiger charge is 2.24. The smallest absolute Gasteiger partial charge is 0.319 e. The predicted octanol–water partition coefficient (Wildman–Crippen LogP) is 3.56. The van der Waals surface area contributed by atoms with E-state index in [0.29, 0.717) is 12.2 Å². The molecule has 1 aromatic heterocycles. The van der Waals surface area contributed by atoms with Crippen molar-refractivity contribution in [3.05, 3.63) is 47.2 Å². The molecule has 0 radical (unpaired) electrons. The molecule has 0 aliphatic carbocycles. The summed E-state index contributed by atoms with van der Waals surface area (Å²) in [6.07, 6.45) is 1.56. The van der Waals surface area contributed by atoms with Gasteiger partial charge in [-0.15, -0.1) is 0 Å². The third-order valence-corrected chi connectivity index (χ3v) is 4.15. The van der Waals surface area contributed by atoms with Crippen molar-refractivity contribution >= 4 is 23.3 Å². The highest BCUT2D eigenvalue weighted by atomic mass is 35.5. The van der Waals surface area contributed by atoms with Crippen molar-refractivity contribution in [1.29, 1.82) is 0 Å². The number of nitrogens with zero attached hydrogens (tertiary/aromatic N) is 1. The zero-order valence-corrected chi connectivity index (χ0v) is 14.2.